The first kappa shape index (κ1) is 12.6. The van der Waals surface area contributed by atoms with Crippen LogP contribution in [0.25, 0.3) is 0 Å². The summed E-state index contributed by atoms with van der Waals surface area (Å²) in [6, 6.07) is 3.90. The molecule has 0 saturated heterocycles. The smallest absolute Gasteiger partial charge is 0.170 e. The van der Waals surface area contributed by atoms with Gasteiger partial charge in [0.1, 0.15) is 11.4 Å². The van der Waals surface area contributed by atoms with Crippen molar-refractivity contribution in [2.75, 3.05) is 0 Å². The van der Waals surface area contributed by atoms with Gasteiger partial charge in [-0.25, -0.2) is 0 Å². The molecule has 1 aromatic carbocycles. The minimum atomic E-state index is -0.401. The molecule has 0 bridgehead atoms. The third kappa shape index (κ3) is 2.39. The van der Waals surface area contributed by atoms with Gasteiger partial charge in [0.05, 0.1) is 12.0 Å². The Morgan fingerprint density at radius 2 is 2.00 bits per heavy atom. The highest BCUT2D eigenvalue weighted by molar-refractivity contribution is 9.10. The highest BCUT2D eigenvalue weighted by Gasteiger charge is 2.34. The van der Waals surface area contributed by atoms with Gasteiger partial charge in [0.15, 0.2) is 5.78 Å². The molecule has 1 aliphatic heterocycles. The van der Waals surface area contributed by atoms with E-state index in [-0.39, 0.29) is 5.78 Å². The second-order valence-corrected chi connectivity index (χ2v) is 6.40. The average molecular weight is 297 g/mol. The predicted molar refractivity (Wildman–Crippen MR) is 71.9 cm³/mol. The molecule has 1 aromatic rings. The molecule has 0 saturated carbocycles. The molecule has 0 N–H and O–H groups in total. The van der Waals surface area contributed by atoms with Gasteiger partial charge >= 0.3 is 0 Å². The molecule has 17 heavy (non-hydrogen) atoms. The lowest BCUT2D eigenvalue weighted by Crippen LogP contribution is -2.36. The number of ether oxygens (including phenoxy) is 1. The zero-order chi connectivity index (χ0) is 12.8. The monoisotopic (exact) mass is 296 g/mol. The largest absolute Gasteiger partial charge is 0.486 e. The van der Waals surface area contributed by atoms with E-state index in [1.54, 1.807) is 0 Å². The van der Waals surface area contributed by atoms with Gasteiger partial charge in [-0.05, 0) is 37.5 Å². The zero-order valence-corrected chi connectivity index (χ0v) is 12.2. The van der Waals surface area contributed by atoms with Gasteiger partial charge in [0, 0.05) is 4.47 Å². The maximum Gasteiger partial charge on any atom is 0.170 e. The van der Waals surface area contributed by atoms with Crippen molar-refractivity contribution in [2.24, 2.45) is 0 Å². The van der Waals surface area contributed by atoms with Crippen LogP contribution in [0.3, 0.4) is 0 Å². The summed E-state index contributed by atoms with van der Waals surface area (Å²) < 4.78 is 6.94. The molecule has 0 amide bonds. The standard InChI is InChI=1S/C14H17BrO2/c1-8(2)10-5-9(15)6-11-12(16)7-14(3,4)17-13(10)11/h5-6,8H,7H2,1-4H3. The van der Waals surface area contributed by atoms with Gasteiger partial charge in [-0.1, -0.05) is 29.8 Å². The first-order chi connectivity index (χ1) is 7.80. The fourth-order valence-electron chi connectivity index (χ4n) is 2.16. The molecule has 0 spiro atoms. The van der Waals surface area contributed by atoms with Gasteiger partial charge in [0.2, 0.25) is 0 Å². The maximum atomic E-state index is 12.1. The van der Waals surface area contributed by atoms with Gasteiger partial charge in [-0.15, -0.1) is 0 Å². The van der Waals surface area contributed by atoms with E-state index in [0.29, 0.717) is 17.9 Å². The van der Waals surface area contributed by atoms with Crippen molar-refractivity contribution in [3.05, 3.63) is 27.7 Å². The normalized spacial score (nSPS) is 17.9. The summed E-state index contributed by atoms with van der Waals surface area (Å²) >= 11 is 3.46. The number of Topliss-reactive ketones (excluding diaryl/α,β-unsaturated/α-hetero) is 1. The molecule has 2 rings (SSSR count). The Kier molecular flexibility index (Phi) is 3.06. The minimum absolute atomic E-state index is 0.166. The number of ketones is 1. The molecule has 0 atom stereocenters. The van der Waals surface area contributed by atoms with Crippen LogP contribution in [0, 0.1) is 0 Å². The van der Waals surface area contributed by atoms with E-state index in [0.717, 1.165) is 15.8 Å². The van der Waals surface area contributed by atoms with Crippen LogP contribution in [0.2, 0.25) is 0 Å². The Bertz CT molecular complexity index is 475. The second kappa shape index (κ2) is 4.13. The number of fused-ring (bicyclic) bond motifs is 1. The maximum absolute atomic E-state index is 12.1. The summed E-state index contributed by atoms with van der Waals surface area (Å²) in [5, 5.41) is 0. The van der Waals surface area contributed by atoms with E-state index < -0.39 is 5.60 Å². The van der Waals surface area contributed by atoms with Gasteiger partial charge < -0.3 is 4.74 Å². The SMILES string of the molecule is CC(C)c1cc(Br)cc2c1OC(C)(C)CC2=O. The van der Waals surface area contributed by atoms with Crippen molar-refractivity contribution in [3.63, 3.8) is 0 Å². The molecule has 92 valence electrons. The number of rotatable bonds is 1. The van der Waals surface area contributed by atoms with E-state index in [1.807, 2.05) is 26.0 Å². The van der Waals surface area contributed by atoms with Crippen molar-refractivity contribution in [2.45, 2.75) is 45.6 Å². The third-order valence-electron chi connectivity index (χ3n) is 2.97. The van der Waals surface area contributed by atoms with Gasteiger partial charge in [-0.3, -0.25) is 4.79 Å². The van der Waals surface area contributed by atoms with Crippen molar-refractivity contribution in [1.82, 2.24) is 0 Å². The van der Waals surface area contributed by atoms with Crippen molar-refractivity contribution in [3.8, 4) is 5.75 Å². The summed E-state index contributed by atoms with van der Waals surface area (Å²) in [6.07, 6.45) is 0.438. The lowest BCUT2D eigenvalue weighted by Gasteiger charge is -2.33. The predicted octanol–water partition coefficient (Wildman–Crippen LogP) is 4.32. The number of carbonyl (C=O) groups excluding carboxylic acids is 1. The van der Waals surface area contributed by atoms with Crippen LogP contribution >= 0.6 is 15.9 Å². The molecule has 2 nitrogen and oxygen atoms in total. The van der Waals surface area contributed by atoms with Crippen LogP contribution in [0.15, 0.2) is 16.6 Å². The van der Waals surface area contributed by atoms with Crippen molar-refractivity contribution in [1.29, 1.82) is 0 Å². The van der Waals surface area contributed by atoms with E-state index in [4.69, 9.17) is 4.74 Å². The van der Waals surface area contributed by atoms with Crippen LogP contribution in [0.4, 0.5) is 0 Å². The lowest BCUT2D eigenvalue weighted by atomic mass is 9.89. The molecule has 0 unspecified atom stereocenters. The summed E-state index contributed by atoms with van der Waals surface area (Å²) in [7, 11) is 0. The van der Waals surface area contributed by atoms with Crippen LogP contribution < -0.4 is 4.74 Å². The summed E-state index contributed by atoms with van der Waals surface area (Å²) in [5.74, 6) is 1.27. The van der Waals surface area contributed by atoms with Crippen LogP contribution in [0.5, 0.6) is 5.75 Å². The minimum Gasteiger partial charge on any atom is -0.486 e. The lowest BCUT2D eigenvalue weighted by molar-refractivity contribution is 0.0612. The van der Waals surface area contributed by atoms with E-state index >= 15 is 0 Å². The van der Waals surface area contributed by atoms with E-state index in [9.17, 15) is 4.79 Å². The van der Waals surface area contributed by atoms with Crippen LogP contribution in [0.1, 0.15) is 56.0 Å². The summed E-state index contributed by atoms with van der Waals surface area (Å²) in [6.45, 7) is 8.13. The Morgan fingerprint density at radius 3 is 2.59 bits per heavy atom. The molecule has 0 aliphatic carbocycles. The molecule has 1 aliphatic rings. The number of hydrogen-bond acceptors (Lipinski definition) is 2. The van der Waals surface area contributed by atoms with Crippen molar-refractivity contribution >= 4 is 21.7 Å². The molecular formula is C14H17BrO2. The summed E-state index contributed by atoms with van der Waals surface area (Å²) in [5.41, 5.74) is 1.40. The number of hydrogen-bond donors (Lipinski definition) is 0. The number of carbonyl (C=O) groups is 1. The molecule has 3 heteroatoms. The fourth-order valence-corrected chi connectivity index (χ4v) is 2.63. The number of halogens is 1. The Labute approximate surface area is 110 Å². The first-order valence-electron chi connectivity index (χ1n) is 5.86. The molecule has 0 fully saturated rings. The van der Waals surface area contributed by atoms with Gasteiger partial charge in [-0.2, -0.15) is 0 Å². The first-order valence-corrected chi connectivity index (χ1v) is 6.65. The average Bonchev–Trinajstić information content (AvgIpc) is 2.17. The third-order valence-corrected chi connectivity index (χ3v) is 3.43. The highest BCUT2D eigenvalue weighted by atomic mass is 79.9. The Hall–Kier alpha value is -0.830. The van der Waals surface area contributed by atoms with E-state index in [1.165, 1.54) is 0 Å². The fraction of sp³-hybridized carbons (Fsp3) is 0.500. The molecule has 0 aromatic heterocycles. The van der Waals surface area contributed by atoms with Crippen molar-refractivity contribution < 1.29 is 9.53 Å². The van der Waals surface area contributed by atoms with Gasteiger partial charge in [0.25, 0.3) is 0 Å². The van der Waals surface area contributed by atoms with Crippen LogP contribution in [-0.4, -0.2) is 11.4 Å². The quantitative estimate of drug-likeness (QED) is 0.772. The molecule has 1 heterocycles. The molecule has 0 radical (unpaired) electrons. The van der Waals surface area contributed by atoms with Crippen LogP contribution in [-0.2, 0) is 0 Å². The van der Waals surface area contributed by atoms with E-state index in [2.05, 4.69) is 29.8 Å². The second-order valence-electron chi connectivity index (χ2n) is 5.49. The summed E-state index contributed by atoms with van der Waals surface area (Å²) in [4.78, 5) is 12.1. The zero-order valence-electron chi connectivity index (χ0n) is 10.6. The topological polar surface area (TPSA) is 26.3 Å². The molecular weight excluding hydrogens is 280 g/mol. The number of benzene rings is 1. The Balaban J connectivity index is 2.63. The highest BCUT2D eigenvalue weighted by Crippen LogP contribution is 2.40. The Morgan fingerprint density at radius 1 is 1.35 bits per heavy atom.